The third-order valence-corrected chi connectivity index (χ3v) is 5.13. The second kappa shape index (κ2) is 9.20. The van der Waals surface area contributed by atoms with Crippen molar-refractivity contribution in [1.29, 1.82) is 0 Å². The molecule has 2 aromatic heterocycles. The fourth-order valence-electron chi connectivity index (χ4n) is 2.18. The van der Waals surface area contributed by atoms with Crippen LogP contribution in [0.3, 0.4) is 0 Å². The predicted molar refractivity (Wildman–Crippen MR) is 113 cm³/mol. The molecule has 148 valence electrons. The molecular formula is C18H23ClN8S. The topological polar surface area (TPSA) is 84.7 Å². The fourth-order valence-corrected chi connectivity index (χ4v) is 3.06. The van der Waals surface area contributed by atoms with Crippen molar-refractivity contribution in [3.8, 4) is 5.95 Å². The van der Waals surface area contributed by atoms with E-state index in [-0.39, 0.29) is 6.04 Å². The second-order valence-electron chi connectivity index (χ2n) is 6.49. The Balaban J connectivity index is 1.78. The van der Waals surface area contributed by atoms with E-state index in [9.17, 15) is 0 Å². The van der Waals surface area contributed by atoms with Gasteiger partial charge in [-0.3, -0.25) is 0 Å². The molecular weight excluding hydrogens is 396 g/mol. The molecule has 0 saturated carbocycles. The zero-order chi connectivity index (χ0) is 20.1. The Bertz CT molecular complexity index is 912. The molecule has 0 aliphatic heterocycles. The van der Waals surface area contributed by atoms with E-state index in [0.717, 1.165) is 22.8 Å². The molecule has 10 heteroatoms. The zero-order valence-corrected chi connectivity index (χ0v) is 17.9. The lowest BCUT2D eigenvalue weighted by Crippen LogP contribution is -2.21. The molecule has 0 spiro atoms. The van der Waals surface area contributed by atoms with E-state index in [1.54, 1.807) is 22.8 Å². The third-order valence-electron chi connectivity index (χ3n) is 3.96. The van der Waals surface area contributed by atoms with Gasteiger partial charge in [0.2, 0.25) is 17.1 Å². The van der Waals surface area contributed by atoms with Crippen LogP contribution in [-0.4, -0.2) is 49.9 Å². The highest BCUT2D eigenvalue weighted by Crippen LogP contribution is 2.21. The van der Waals surface area contributed by atoms with Crippen molar-refractivity contribution < 1.29 is 0 Å². The highest BCUT2D eigenvalue weighted by Gasteiger charge is 2.13. The van der Waals surface area contributed by atoms with Crippen LogP contribution in [0.25, 0.3) is 5.95 Å². The van der Waals surface area contributed by atoms with Crippen molar-refractivity contribution in [2.24, 2.45) is 0 Å². The van der Waals surface area contributed by atoms with E-state index in [1.165, 1.54) is 0 Å². The van der Waals surface area contributed by atoms with Crippen LogP contribution >= 0.6 is 23.4 Å². The first-order valence-corrected chi connectivity index (χ1v) is 10.3. The standard InChI is InChI=1S/C18H23ClN8S/c1-5-12(2)21-15-22-16(26(3)4)24-17(23-15)27-11-20-18(25-27)28-10-13-6-8-14(19)9-7-13/h6-9,11-12H,5,10H2,1-4H3,(H,21,22,23,24)/t12-/m0/s1. The number of hydrogen-bond acceptors (Lipinski definition) is 8. The number of anilines is 2. The minimum atomic E-state index is 0.256. The number of benzene rings is 1. The monoisotopic (exact) mass is 418 g/mol. The summed E-state index contributed by atoms with van der Waals surface area (Å²) in [6.45, 7) is 4.19. The maximum Gasteiger partial charge on any atom is 0.258 e. The largest absolute Gasteiger partial charge is 0.352 e. The highest BCUT2D eigenvalue weighted by molar-refractivity contribution is 7.98. The van der Waals surface area contributed by atoms with Crippen molar-refractivity contribution in [3.63, 3.8) is 0 Å². The van der Waals surface area contributed by atoms with Gasteiger partial charge >= 0.3 is 0 Å². The van der Waals surface area contributed by atoms with Gasteiger partial charge in [-0.05, 0) is 31.0 Å². The first kappa shape index (κ1) is 20.3. The third kappa shape index (κ3) is 5.32. The van der Waals surface area contributed by atoms with Crippen molar-refractivity contribution in [3.05, 3.63) is 41.2 Å². The summed E-state index contributed by atoms with van der Waals surface area (Å²) >= 11 is 7.47. The summed E-state index contributed by atoms with van der Waals surface area (Å²) < 4.78 is 1.57. The van der Waals surface area contributed by atoms with Crippen LogP contribution in [0, 0.1) is 0 Å². The summed E-state index contributed by atoms with van der Waals surface area (Å²) in [5, 5.41) is 9.16. The Morgan fingerprint density at radius 2 is 1.93 bits per heavy atom. The molecule has 0 aliphatic rings. The molecule has 1 N–H and O–H groups in total. The number of nitrogens with one attached hydrogen (secondary N) is 1. The van der Waals surface area contributed by atoms with E-state index in [0.29, 0.717) is 23.0 Å². The van der Waals surface area contributed by atoms with Crippen molar-refractivity contribution in [2.75, 3.05) is 24.3 Å². The van der Waals surface area contributed by atoms with Gasteiger partial charge in [0.25, 0.3) is 5.95 Å². The lowest BCUT2D eigenvalue weighted by Gasteiger charge is -2.15. The van der Waals surface area contributed by atoms with Crippen LogP contribution in [0.5, 0.6) is 0 Å². The van der Waals surface area contributed by atoms with Crippen molar-refractivity contribution in [2.45, 2.75) is 37.2 Å². The molecule has 0 amide bonds. The quantitative estimate of drug-likeness (QED) is 0.554. The van der Waals surface area contributed by atoms with Crippen LogP contribution in [0.15, 0.2) is 35.7 Å². The van der Waals surface area contributed by atoms with Gasteiger partial charge < -0.3 is 10.2 Å². The number of nitrogens with zero attached hydrogens (tertiary/aromatic N) is 7. The minimum Gasteiger partial charge on any atom is -0.352 e. The number of thioether (sulfide) groups is 1. The summed E-state index contributed by atoms with van der Waals surface area (Å²) in [5.74, 6) is 2.26. The summed E-state index contributed by atoms with van der Waals surface area (Å²) in [5.41, 5.74) is 1.15. The Kier molecular flexibility index (Phi) is 6.69. The number of rotatable bonds is 8. The smallest absolute Gasteiger partial charge is 0.258 e. The van der Waals surface area contributed by atoms with Gasteiger partial charge in [-0.15, -0.1) is 5.10 Å². The van der Waals surface area contributed by atoms with Gasteiger partial charge in [-0.2, -0.15) is 19.6 Å². The molecule has 2 heterocycles. The first-order chi connectivity index (χ1) is 13.4. The van der Waals surface area contributed by atoms with Gasteiger partial charge in [0, 0.05) is 30.9 Å². The van der Waals surface area contributed by atoms with E-state index in [1.807, 2.05) is 43.3 Å². The van der Waals surface area contributed by atoms with E-state index < -0.39 is 0 Å². The van der Waals surface area contributed by atoms with Gasteiger partial charge in [-0.25, -0.2) is 4.98 Å². The maximum atomic E-state index is 5.93. The lowest BCUT2D eigenvalue weighted by molar-refractivity contribution is 0.731. The number of hydrogen-bond donors (Lipinski definition) is 1. The molecule has 0 fully saturated rings. The van der Waals surface area contributed by atoms with Crippen LogP contribution in [0.4, 0.5) is 11.9 Å². The second-order valence-corrected chi connectivity index (χ2v) is 7.87. The van der Waals surface area contributed by atoms with Gasteiger partial charge in [0.1, 0.15) is 6.33 Å². The van der Waals surface area contributed by atoms with E-state index >= 15 is 0 Å². The van der Waals surface area contributed by atoms with Crippen LogP contribution < -0.4 is 10.2 Å². The summed E-state index contributed by atoms with van der Waals surface area (Å²) in [4.78, 5) is 19.6. The first-order valence-electron chi connectivity index (χ1n) is 8.93. The summed E-state index contributed by atoms with van der Waals surface area (Å²) in [7, 11) is 3.78. The van der Waals surface area contributed by atoms with E-state index in [2.05, 4.69) is 44.2 Å². The zero-order valence-electron chi connectivity index (χ0n) is 16.3. The molecule has 1 aromatic carbocycles. The molecule has 3 aromatic rings. The SMILES string of the molecule is CC[C@H](C)Nc1nc(N(C)C)nc(-n2cnc(SCc3ccc(Cl)cc3)n2)n1. The molecule has 0 bridgehead atoms. The average Bonchev–Trinajstić information content (AvgIpc) is 3.16. The molecule has 0 unspecified atom stereocenters. The number of aromatic nitrogens is 6. The molecule has 0 radical (unpaired) electrons. The molecule has 1 atom stereocenters. The van der Waals surface area contributed by atoms with E-state index in [4.69, 9.17) is 11.6 Å². The number of halogens is 1. The van der Waals surface area contributed by atoms with Gasteiger partial charge in [0.15, 0.2) is 0 Å². The Labute approximate surface area is 173 Å². The molecule has 0 saturated heterocycles. The van der Waals surface area contributed by atoms with Crippen LogP contribution in [-0.2, 0) is 5.75 Å². The predicted octanol–water partition coefficient (Wildman–Crippen LogP) is 3.67. The van der Waals surface area contributed by atoms with Crippen molar-refractivity contribution in [1.82, 2.24) is 29.7 Å². The molecule has 3 rings (SSSR count). The van der Waals surface area contributed by atoms with Gasteiger partial charge in [-0.1, -0.05) is 42.4 Å². The van der Waals surface area contributed by atoms with Gasteiger partial charge in [0.05, 0.1) is 0 Å². The van der Waals surface area contributed by atoms with Crippen molar-refractivity contribution >= 4 is 35.3 Å². The Hall–Kier alpha value is -2.39. The molecule has 28 heavy (non-hydrogen) atoms. The fraction of sp³-hybridized carbons (Fsp3) is 0.389. The summed E-state index contributed by atoms with van der Waals surface area (Å²) in [6.07, 6.45) is 2.58. The van der Waals surface area contributed by atoms with Crippen LogP contribution in [0.2, 0.25) is 5.02 Å². The minimum absolute atomic E-state index is 0.256. The molecule has 0 aliphatic carbocycles. The highest BCUT2D eigenvalue weighted by atomic mass is 35.5. The average molecular weight is 419 g/mol. The summed E-state index contributed by atoms with van der Waals surface area (Å²) in [6, 6.07) is 8.00. The Morgan fingerprint density at radius 1 is 1.18 bits per heavy atom. The molecule has 8 nitrogen and oxygen atoms in total. The Morgan fingerprint density at radius 3 is 2.61 bits per heavy atom. The lowest BCUT2D eigenvalue weighted by atomic mass is 10.2. The normalized spacial score (nSPS) is 12.0. The maximum absolute atomic E-state index is 5.93. The van der Waals surface area contributed by atoms with Crippen LogP contribution in [0.1, 0.15) is 25.8 Å².